The Kier molecular flexibility index (Phi) is 6.56. The maximum Gasteiger partial charge on any atom is 0.263 e. The van der Waals surface area contributed by atoms with E-state index in [9.17, 15) is 4.79 Å². The number of carbonyl (C=O) groups excluding carboxylic acids is 1. The molecule has 5 heteroatoms. The number of hydrogen-bond donors (Lipinski definition) is 0. The highest BCUT2D eigenvalue weighted by atomic mass is 16.3. The van der Waals surface area contributed by atoms with Crippen LogP contribution in [0.2, 0.25) is 0 Å². The molecule has 26 heavy (non-hydrogen) atoms. The summed E-state index contributed by atoms with van der Waals surface area (Å²) in [7, 11) is 0. The van der Waals surface area contributed by atoms with Crippen molar-refractivity contribution in [3.63, 3.8) is 0 Å². The van der Waals surface area contributed by atoms with Gasteiger partial charge in [0.1, 0.15) is 6.26 Å². The molecule has 5 nitrogen and oxygen atoms in total. The molecule has 2 aromatic heterocycles. The van der Waals surface area contributed by atoms with Crippen molar-refractivity contribution in [1.29, 1.82) is 0 Å². The highest BCUT2D eigenvalue weighted by Gasteiger charge is 2.20. The molecule has 0 bridgehead atoms. The van der Waals surface area contributed by atoms with Crippen LogP contribution in [0, 0.1) is 5.92 Å². The zero-order chi connectivity index (χ0) is 18.4. The molecule has 0 unspecified atom stereocenters. The molecule has 1 aliphatic rings. The van der Waals surface area contributed by atoms with Crippen LogP contribution in [-0.2, 0) is 6.54 Å². The second-order valence-corrected chi connectivity index (χ2v) is 7.62. The van der Waals surface area contributed by atoms with E-state index >= 15 is 0 Å². The Bertz CT molecular complexity index is 672. The lowest BCUT2D eigenvalue weighted by Crippen LogP contribution is -2.33. The van der Waals surface area contributed by atoms with Crippen LogP contribution in [0.25, 0.3) is 0 Å². The molecular weight excluding hydrogens is 326 g/mol. The molecule has 0 aliphatic carbocycles. The monoisotopic (exact) mass is 355 g/mol. The van der Waals surface area contributed by atoms with Gasteiger partial charge >= 0.3 is 0 Å². The Morgan fingerprint density at radius 3 is 2.69 bits per heavy atom. The quantitative estimate of drug-likeness (QED) is 0.654. The van der Waals surface area contributed by atoms with Crippen molar-refractivity contribution < 1.29 is 9.21 Å². The van der Waals surface area contributed by atoms with Gasteiger partial charge in [-0.2, -0.15) is 0 Å². The van der Waals surface area contributed by atoms with E-state index in [0.29, 0.717) is 12.3 Å². The first-order valence-corrected chi connectivity index (χ1v) is 9.71. The van der Waals surface area contributed by atoms with Crippen LogP contribution in [-0.4, -0.2) is 33.7 Å². The molecule has 1 saturated heterocycles. The van der Waals surface area contributed by atoms with Crippen molar-refractivity contribution in [1.82, 2.24) is 14.9 Å². The zero-order valence-electron chi connectivity index (χ0n) is 15.9. The van der Waals surface area contributed by atoms with Crippen LogP contribution in [0.15, 0.2) is 35.2 Å². The number of hydrogen-bond acceptors (Lipinski definition) is 5. The van der Waals surface area contributed by atoms with Crippen LogP contribution in [0.5, 0.6) is 0 Å². The van der Waals surface area contributed by atoms with Crippen LogP contribution in [0.3, 0.4) is 0 Å². The minimum Gasteiger partial charge on any atom is -0.442 e. The molecule has 140 valence electrons. The van der Waals surface area contributed by atoms with E-state index in [1.54, 1.807) is 0 Å². The van der Waals surface area contributed by atoms with Gasteiger partial charge in [-0.05, 0) is 62.2 Å². The number of oxazole rings is 1. The number of likely N-dealkylation sites (tertiary alicyclic amines) is 1. The molecule has 1 fully saturated rings. The fourth-order valence-electron chi connectivity index (χ4n) is 3.58. The minimum atomic E-state index is 0.0183. The smallest absolute Gasteiger partial charge is 0.263 e. The van der Waals surface area contributed by atoms with Crippen LogP contribution < -0.4 is 0 Å². The van der Waals surface area contributed by atoms with Gasteiger partial charge in [0, 0.05) is 24.9 Å². The first-order chi connectivity index (χ1) is 12.6. The minimum absolute atomic E-state index is 0.0183. The number of pyridine rings is 1. The van der Waals surface area contributed by atoms with Gasteiger partial charge in [-0.25, -0.2) is 4.98 Å². The molecule has 0 aromatic carbocycles. The third-order valence-electron chi connectivity index (χ3n) is 5.24. The van der Waals surface area contributed by atoms with E-state index in [-0.39, 0.29) is 11.7 Å². The highest BCUT2D eigenvalue weighted by molar-refractivity contribution is 5.91. The number of Topliss-reactive ketones (excluding diaryl/α,β-unsaturated/α-hetero) is 1. The first kappa shape index (κ1) is 18.8. The summed E-state index contributed by atoms with van der Waals surface area (Å²) in [5.41, 5.74) is 2.45. The highest BCUT2D eigenvalue weighted by Crippen LogP contribution is 2.24. The van der Waals surface area contributed by atoms with Crippen molar-refractivity contribution in [2.45, 2.75) is 58.4 Å². The fourth-order valence-corrected chi connectivity index (χ4v) is 3.58. The van der Waals surface area contributed by atoms with Gasteiger partial charge in [-0.3, -0.25) is 14.7 Å². The molecule has 0 atom stereocenters. The standard InChI is InChI=1S/C21H29N3O2/c1-16(2)19-7-6-18(14-23-19)15-24-11-8-17(9-12-24)4-3-5-20(25)21-22-10-13-26-21/h6-7,10,13-14,16-17H,3-5,8-9,11-12,15H2,1-2H3. The van der Waals surface area contributed by atoms with Crippen molar-refractivity contribution in [2.75, 3.05) is 13.1 Å². The Morgan fingerprint density at radius 1 is 1.27 bits per heavy atom. The van der Waals surface area contributed by atoms with Gasteiger partial charge in [-0.1, -0.05) is 19.9 Å². The topological polar surface area (TPSA) is 59.2 Å². The lowest BCUT2D eigenvalue weighted by molar-refractivity contribution is 0.0940. The lowest BCUT2D eigenvalue weighted by atomic mass is 9.91. The predicted molar refractivity (Wildman–Crippen MR) is 101 cm³/mol. The van der Waals surface area contributed by atoms with Gasteiger partial charge < -0.3 is 4.42 Å². The summed E-state index contributed by atoms with van der Waals surface area (Å²) < 4.78 is 5.06. The molecule has 3 heterocycles. The number of ketones is 1. The average Bonchev–Trinajstić information content (AvgIpc) is 3.18. The van der Waals surface area contributed by atoms with Gasteiger partial charge in [-0.15, -0.1) is 0 Å². The second kappa shape index (κ2) is 9.08. The number of carbonyl (C=O) groups is 1. The van der Waals surface area contributed by atoms with E-state index < -0.39 is 0 Å². The van der Waals surface area contributed by atoms with Gasteiger partial charge in [0.25, 0.3) is 5.89 Å². The molecule has 0 radical (unpaired) electrons. The molecule has 3 rings (SSSR count). The van der Waals surface area contributed by atoms with E-state index in [0.717, 1.165) is 44.1 Å². The summed E-state index contributed by atoms with van der Waals surface area (Å²) in [5, 5.41) is 0. The van der Waals surface area contributed by atoms with Gasteiger partial charge in [0.15, 0.2) is 0 Å². The Labute approximate surface area is 155 Å². The van der Waals surface area contributed by atoms with Crippen molar-refractivity contribution in [3.05, 3.63) is 47.9 Å². The molecule has 0 amide bonds. The second-order valence-electron chi connectivity index (χ2n) is 7.62. The van der Waals surface area contributed by atoms with Crippen LogP contribution in [0.1, 0.15) is 73.8 Å². The van der Waals surface area contributed by atoms with Crippen LogP contribution >= 0.6 is 0 Å². The summed E-state index contributed by atoms with van der Waals surface area (Å²) >= 11 is 0. The summed E-state index contributed by atoms with van der Waals surface area (Å²) in [5.74, 6) is 1.47. The van der Waals surface area contributed by atoms with Crippen molar-refractivity contribution in [3.8, 4) is 0 Å². The predicted octanol–water partition coefficient (Wildman–Crippen LogP) is 4.46. The Balaban J connectivity index is 1.35. The maximum atomic E-state index is 11.9. The van der Waals surface area contributed by atoms with Gasteiger partial charge in [0.2, 0.25) is 5.78 Å². The van der Waals surface area contributed by atoms with Crippen molar-refractivity contribution in [2.24, 2.45) is 5.92 Å². The summed E-state index contributed by atoms with van der Waals surface area (Å²) in [6.07, 6.45) is 10.0. The van der Waals surface area contributed by atoms with E-state index in [1.807, 2.05) is 6.20 Å². The Hall–Kier alpha value is -2.01. The molecule has 0 N–H and O–H groups in total. The van der Waals surface area contributed by atoms with E-state index in [1.165, 1.54) is 30.9 Å². The van der Waals surface area contributed by atoms with E-state index in [2.05, 4.69) is 40.8 Å². The molecule has 1 aliphatic heterocycles. The normalized spacial score (nSPS) is 16.3. The third kappa shape index (κ3) is 5.24. The first-order valence-electron chi connectivity index (χ1n) is 9.71. The zero-order valence-corrected chi connectivity index (χ0v) is 15.9. The fraction of sp³-hybridized carbons (Fsp3) is 0.571. The number of aromatic nitrogens is 2. The SMILES string of the molecule is CC(C)c1ccc(CN2CCC(CCCC(=O)c3ncco3)CC2)cn1. The van der Waals surface area contributed by atoms with Gasteiger partial charge in [0.05, 0.1) is 6.20 Å². The molecule has 0 saturated carbocycles. The van der Waals surface area contributed by atoms with Crippen LogP contribution in [0.4, 0.5) is 0 Å². The molecule has 2 aromatic rings. The van der Waals surface area contributed by atoms with Crippen molar-refractivity contribution >= 4 is 5.78 Å². The molecule has 0 spiro atoms. The summed E-state index contributed by atoms with van der Waals surface area (Å²) in [6, 6.07) is 4.36. The number of nitrogens with zero attached hydrogens (tertiary/aromatic N) is 3. The summed E-state index contributed by atoms with van der Waals surface area (Å²) in [4.78, 5) is 22.9. The Morgan fingerprint density at radius 2 is 2.08 bits per heavy atom. The lowest BCUT2D eigenvalue weighted by Gasteiger charge is -2.32. The number of piperidine rings is 1. The third-order valence-corrected chi connectivity index (χ3v) is 5.24. The molecular formula is C21H29N3O2. The number of rotatable bonds is 8. The van der Waals surface area contributed by atoms with E-state index in [4.69, 9.17) is 4.42 Å². The maximum absolute atomic E-state index is 11.9. The summed E-state index contributed by atoms with van der Waals surface area (Å²) in [6.45, 7) is 7.59. The average molecular weight is 355 g/mol. The largest absolute Gasteiger partial charge is 0.442 e.